The van der Waals surface area contributed by atoms with E-state index in [1.54, 1.807) is 0 Å². The number of carboxylic acids is 2. The second kappa shape index (κ2) is 6.23. The van der Waals surface area contributed by atoms with Crippen LogP contribution in [0.25, 0.3) is 0 Å². The molecule has 1 heterocycles. The average molecular weight is 319 g/mol. The normalized spacial score (nSPS) is 11.3. The Morgan fingerprint density at radius 3 is 2.10 bits per heavy atom. The summed E-state index contributed by atoms with van der Waals surface area (Å²) < 4.78 is 24.4. The van der Waals surface area contributed by atoms with Gasteiger partial charge in [0.1, 0.15) is 18.0 Å². The first-order chi connectivity index (χ1) is 9.64. The molecule has 0 aliphatic rings. The van der Waals surface area contributed by atoms with Crippen molar-refractivity contribution in [2.45, 2.75) is 4.90 Å². The molecule has 0 aliphatic carbocycles. The summed E-state index contributed by atoms with van der Waals surface area (Å²) in [6.07, 6.45) is 0.657. The number of sulfonamides is 1. The molecule has 2 N–H and O–H groups in total. The summed E-state index contributed by atoms with van der Waals surface area (Å²) in [4.78, 5) is 33.5. The number of aliphatic carboxylic acids is 2. The standard InChI is InChI=1S/C9H9N3O8S/c13-8(14)4-11(5-9(15)16)21(19,20)6-1-2-7(10-3-6)12(17)18/h1-3H,4-5H2,(H,13,14)(H,15,16). The number of aromatic nitrogens is 1. The van der Waals surface area contributed by atoms with E-state index in [4.69, 9.17) is 10.2 Å². The van der Waals surface area contributed by atoms with E-state index in [9.17, 15) is 28.1 Å². The molecular weight excluding hydrogens is 310 g/mol. The first kappa shape index (κ1) is 16.5. The summed E-state index contributed by atoms with van der Waals surface area (Å²) in [7, 11) is -4.45. The molecular formula is C9H9N3O8S. The van der Waals surface area contributed by atoms with Crippen molar-refractivity contribution in [3.63, 3.8) is 0 Å². The Bertz CT molecular complexity index is 653. The van der Waals surface area contributed by atoms with E-state index in [0.29, 0.717) is 6.20 Å². The van der Waals surface area contributed by atoms with Gasteiger partial charge in [-0.15, -0.1) is 0 Å². The Morgan fingerprint density at radius 2 is 1.76 bits per heavy atom. The molecule has 114 valence electrons. The van der Waals surface area contributed by atoms with Crippen molar-refractivity contribution in [2.75, 3.05) is 13.1 Å². The molecule has 0 aliphatic heterocycles. The molecule has 0 saturated heterocycles. The zero-order valence-electron chi connectivity index (χ0n) is 10.2. The molecule has 1 aromatic rings. The minimum atomic E-state index is -4.45. The van der Waals surface area contributed by atoms with Gasteiger partial charge in [-0.3, -0.25) is 9.59 Å². The first-order valence-corrected chi connectivity index (χ1v) is 6.63. The number of carboxylic acid groups (broad SMARTS) is 2. The maximum Gasteiger partial charge on any atom is 0.363 e. The SMILES string of the molecule is O=C(O)CN(CC(=O)O)S(=O)(=O)c1ccc([N+](=O)[O-])nc1. The van der Waals surface area contributed by atoms with E-state index < -0.39 is 50.7 Å². The van der Waals surface area contributed by atoms with Crippen molar-refractivity contribution in [3.8, 4) is 0 Å². The van der Waals surface area contributed by atoms with E-state index in [0.717, 1.165) is 12.1 Å². The van der Waals surface area contributed by atoms with Crippen molar-refractivity contribution in [2.24, 2.45) is 0 Å². The molecule has 0 amide bonds. The zero-order valence-corrected chi connectivity index (χ0v) is 11.1. The molecule has 1 aromatic heterocycles. The van der Waals surface area contributed by atoms with Gasteiger partial charge in [-0.2, -0.15) is 4.31 Å². The largest absolute Gasteiger partial charge is 0.480 e. The number of pyridine rings is 1. The third kappa shape index (κ3) is 4.19. The summed E-state index contributed by atoms with van der Waals surface area (Å²) in [6, 6.07) is 1.66. The van der Waals surface area contributed by atoms with E-state index in [1.807, 2.05) is 0 Å². The van der Waals surface area contributed by atoms with Crippen molar-refractivity contribution in [1.82, 2.24) is 9.29 Å². The number of hydrogen-bond acceptors (Lipinski definition) is 7. The van der Waals surface area contributed by atoms with E-state index in [1.165, 1.54) is 0 Å². The summed E-state index contributed by atoms with van der Waals surface area (Å²) in [6.45, 7) is -2.13. The molecule has 21 heavy (non-hydrogen) atoms. The second-order valence-corrected chi connectivity index (χ2v) is 5.61. The van der Waals surface area contributed by atoms with Crippen LogP contribution >= 0.6 is 0 Å². The molecule has 0 unspecified atom stereocenters. The molecule has 0 spiro atoms. The van der Waals surface area contributed by atoms with Gasteiger partial charge >= 0.3 is 17.8 Å². The van der Waals surface area contributed by atoms with Crippen LogP contribution in [0.1, 0.15) is 0 Å². The van der Waals surface area contributed by atoms with Crippen LogP contribution in [-0.4, -0.2) is 57.9 Å². The fraction of sp³-hybridized carbons (Fsp3) is 0.222. The minimum Gasteiger partial charge on any atom is -0.480 e. The molecule has 0 radical (unpaired) electrons. The minimum absolute atomic E-state index is 0.209. The summed E-state index contributed by atoms with van der Waals surface area (Å²) in [5.74, 6) is -3.69. The Kier molecular flexibility index (Phi) is 4.88. The van der Waals surface area contributed by atoms with Crippen molar-refractivity contribution in [3.05, 3.63) is 28.4 Å². The first-order valence-electron chi connectivity index (χ1n) is 5.18. The van der Waals surface area contributed by atoms with Gasteiger partial charge in [0.25, 0.3) is 0 Å². The van der Waals surface area contributed by atoms with Crippen LogP contribution in [0, 0.1) is 10.1 Å². The quantitative estimate of drug-likeness (QED) is 0.480. The predicted octanol–water partition coefficient (Wildman–Crippen LogP) is -0.850. The fourth-order valence-corrected chi connectivity index (χ4v) is 2.59. The van der Waals surface area contributed by atoms with Crippen molar-refractivity contribution >= 4 is 27.8 Å². The van der Waals surface area contributed by atoms with Crippen LogP contribution in [0.2, 0.25) is 0 Å². The van der Waals surface area contributed by atoms with E-state index >= 15 is 0 Å². The number of carbonyl (C=O) groups is 2. The third-order valence-electron chi connectivity index (χ3n) is 2.17. The Labute approximate surface area is 117 Å². The van der Waals surface area contributed by atoms with Gasteiger partial charge in [0.05, 0.1) is 0 Å². The molecule has 11 nitrogen and oxygen atoms in total. The predicted molar refractivity (Wildman–Crippen MR) is 64.9 cm³/mol. The lowest BCUT2D eigenvalue weighted by Crippen LogP contribution is -2.39. The highest BCUT2D eigenvalue weighted by molar-refractivity contribution is 7.89. The highest BCUT2D eigenvalue weighted by Crippen LogP contribution is 2.17. The lowest BCUT2D eigenvalue weighted by atomic mass is 10.5. The van der Waals surface area contributed by atoms with Gasteiger partial charge in [0.2, 0.25) is 10.0 Å². The monoisotopic (exact) mass is 319 g/mol. The second-order valence-electron chi connectivity index (χ2n) is 3.67. The van der Waals surface area contributed by atoms with Crippen LogP contribution in [0.4, 0.5) is 5.82 Å². The van der Waals surface area contributed by atoms with Crippen molar-refractivity contribution < 1.29 is 33.1 Å². The number of nitrogens with zero attached hydrogens (tertiary/aromatic N) is 3. The molecule has 0 bridgehead atoms. The van der Waals surface area contributed by atoms with Gasteiger partial charge in [0.15, 0.2) is 6.20 Å². The zero-order chi connectivity index (χ0) is 16.2. The summed E-state index contributed by atoms with van der Waals surface area (Å²) >= 11 is 0. The van der Waals surface area contributed by atoms with Crippen LogP contribution in [0.15, 0.2) is 23.2 Å². The molecule has 0 atom stereocenters. The smallest absolute Gasteiger partial charge is 0.363 e. The van der Waals surface area contributed by atoms with Gasteiger partial charge in [-0.05, 0) is 16.0 Å². The van der Waals surface area contributed by atoms with E-state index in [2.05, 4.69) is 4.98 Å². The fourth-order valence-electron chi connectivity index (χ4n) is 1.31. The Balaban J connectivity index is 3.17. The highest BCUT2D eigenvalue weighted by Gasteiger charge is 2.30. The molecule has 1 rings (SSSR count). The van der Waals surface area contributed by atoms with Crippen LogP contribution in [0.5, 0.6) is 0 Å². The van der Waals surface area contributed by atoms with E-state index in [-0.39, 0.29) is 4.31 Å². The topological polar surface area (TPSA) is 168 Å². The maximum atomic E-state index is 12.1. The summed E-state index contributed by atoms with van der Waals surface area (Å²) in [5.41, 5.74) is 0. The van der Waals surface area contributed by atoms with Gasteiger partial charge < -0.3 is 20.3 Å². The maximum absolute atomic E-state index is 12.1. The molecule has 0 saturated carbocycles. The van der Waals surface area contributed by atoms with Crippen LogP contribution < -0.4 is 0 Å². The molecule has 0 fully saturated rings. The van der Waals surface area contributed by atoms with Crippen molar-refractivity contribution in [1.29, 1.82) is 0 Å². The number of nitro groups is 1. The lowest BCUT2D eigenvalue weighted by molar-refractivity contribution is -0.389. The Hall–Kier alpha value is -2.60. The average Bonchev–Trinajstić information content (AvgIpc) is 2.37. The van der Waals surface area contributed by atoms with Gasteiger partial charge in [0, 0.05) is 6.07 Å². The number of rotatable bonds is 7. The summed E-state index contributed by atoms with van der Waals surface area (Å²) in [5, 5.41) is 27.7. The molecule has 0 aromatic carbocycles. The lowest BCUT2D eigenvalue weighted by Gasteiger charge is -2.17. The third-order valence-corrected chi connectivity index (χ3v) is 3.94. The number of hydrogen-bond donors (Lipinski definition) is 2. The van der Waals surface area contributed by atoms with Gasteiger partial charge in [-0.25, -0.2) is 8.42 Å². The van der Waals surface area contributed by atoms with Gasteiger partial charge in [-0.1, -0.05) is 0 Å². The highest BCUT2D eigenvalue weighted by atomic mass is 32.2. The van der Waals surface area contributed by atoms with Crippen LogP contribution in [-0.2, 0) is 19.6 Å². The molecule has 12 heteroatoms. The Morgan fingerprint density at radius 1 is 1.24 bits per heavy atom. The van der Waals surface area contributed by atoms with Crippen LogP contribution in [0.3, 0.4) is 0 Å².